The third-order valence-corrected chi connectivity index (χ3v) is 3.62. The fourth-order valence-corrected chi connectivity index (χ4v) is 2.04. The molecule has 84 valence electrons. The van der Waals surface area contributed by atoms with E-state index in [1.807, 2.05) is 14.0 Å². The Labute approximate surface area is 86.6 Å². The second kappa shape index (κ2) is 4.14. The van der Waals surface area contributed by atoms with Crippen molar-refractivity contribution in [1.29, 1.82) is 0 Å². The smallest absolute Gasteiger partial charge is 0.175 e. The Morgan fingerprint density at radius 1 is 1.57 bits per heavy atom. The van der Waals surface area contributed by atoms with Crippen molar-refractivity contribution in [3.05, 3.63) is 0 Å². The minimum atomic E-state index is -0.660. The Morgan fingerprint density at radius 3 is 2.50 bits per heavy atom. The van der Waals surface area contributed by atoms with Crippen molar-refractivity contribution in [2.45, 2.75) is 38.6 Å². The van der Waals surface area contributed by atoms with Crippen molar-refractivity contribution in [2.75, 3.05) is 27.7 Å². The van der Waals surface area contributed by atoms with Gasteiger partial charge in [0.1, 0.15) is 12.1 Å². The van der Waals surface area contributed by atoms with Crippen LogP contribution in [0.2, 0.25) is 0 Å². The molecule has 1 aliphatic rings. The zero-order valence-corrected chi connectivity index (χ0v) is 9.90. The van der Waals surface area contributed by atoms with Gasteiger partial charge in [0.05, 0.1) is 14.1 Å². The van der Waals surface area contributed by atoms with E-state index in [0.29, 0.717) is 12.6 Å². The Balaban J connectivity index is 2.66. The molecule has 3 unspecified atom stereocenters. The van der Waals surface area contributed by atoms with Crippen LogP contribution in [0, 0.1) is 0 Å². The van der Waals surface area contributed by atoms with Crippen LogP contribution in [-0.2, 0) is 4.74 Å². The summed E-state index contributed by atoms with van der Waals surface area (Å²) in [7, 11) is 6.35. The molecule has 3 atom stereocenters. The largest absolute Gasteiger partial charge is 0.366 e. The molecule has 0 spiro atoms. The van der Waals surface area contributed by atoms with Gasteiger partial charge in [-0.05, 0) is 13.8 Å². The van der Waals surface area contributed by atoms with E-state index < -0.39 is 6.29 Å². The number of likely N-dealkylation sites (N-methyl/N-ethyl adjacent to an activating group) is 1. The fourth-order valence-electron chi connectivity index (χ4n) is 2.04. The second-order valence-electron chi connectivity index (χ2n) is 4.55. The summed E-state index contributed by atoms with van der Waals surface area (Å²) >= 11 is 0. The lowest BCUT2D eigenvalue weighted by molar-refractivity contribution is -1.01. The first-order valence-electron chi connectivity index (χ1n) is 5.27. The number of nitrogens with zero attached hydrogens (tertiary/aromatic N) is 2. The van der Waals surface area contributed by atoms with Crippen LogP contribution in [0.1, 0.15) is 20.3 Å². The number of hydrogen-bond donors (Lipinski definition) is 1. The lowest BCUT2D eigenvalue weighted by atomic mass is 10.1. The van der Waals surface area contributed by atoms with Crippen LogP contribution < -0.4 is 0 Å². The molecule has 4 heteroatoms. The number of quaternary nitrogens is 1. The monoisotopic (exact) mass is 203 g/mol. The molecule has 0 saturated carbocycles. The van der Waals surface area contributed by atoms with Gasteiger partial charge < -0.3 is 9.84 Å². The van der Waals surface area contributed by atoms with Crippen molar-refractivity contribution in [2.24, 2.45) is 0 Å². The van der Waals surface area contributed by atoms with E-state index in [1.54, 1.807) is 0 Å². The lowest BCUT2D eigenvalue weighted by Gasteiger charge is -2.36. The van der Waals surface area contributed by atoms with Gasteiger partial charge in [-0.2, -0.15) is 0 Å². The van der Waals surface area contributed by atoms with Crippen LogP contribution in [-0.4, -0.2) is 60.8 Å². The summed E-state index contributed by atoms with van der Waals surface area (Å²) in [5.41, 5.74) is 0. The Kier molecular flexibility index (Phi) is 3.53. The van der Waals surface area contributed by atoms with Crippen LogP contribution in [0.25, 0.3) is 0 Å². The van der Waals surface area contributed by atoms with Crippen molar-refractivity contribution < 1.29 is 14.4 Å². The fraction of sp³-hybridized carbons (Fsp3) is 1.00. The predicted octanol–water partition coefficient (Wildman–Crippen LogP) is 0.425. The molecular weight excluding hydrogens is 180 g/mol. The van der Waals surface area contributed by atoms with E-state index >= 15 is 0 Å². The van der Waals surface area contributed by atoms with Crippen LogP contribution in [0.5, 0.6) is 0 Å². The van der Waals surface area contributed by atoms with E-state index in [9.17, 15) is 5.11 Å². The average molecular weight is 203 g/mol. The van der Waals surface area contributed by atoms with Crippen molar-refractivity contribution in [3.63, 3.8) is 0 Å². The van der Waals surface area contributed by atoms with Crippen LogP contribution >= 0.6 is 0 Å². The van der Waals surface area contributed by atoms with Crippen molar-refractivity contribution in [1.82, 2.24) is 5.01 Å². The summed E-state index contributed by atoms with van der Waals surface area (Å²) in [6, 6.07) is 0.639. The topological polar surface area (TPSA) is 32.7 Å². The third kappa shape index (κ3) is 1.93. The second-order valence-corrected chi connectivity index (χ2v) is 4.55. The molecule has 0 radical (unpaired) electrons. The minimum absolute atomic E-state index is 0.111. The first-order valence-corrected chi connectivity index (χ1v) is 5.27. The number of aliphatic hydroxyl groups excluding tert-OH is 1. The molecule has 4 nitrogen and oxygen atoms in total. The summed E-state index contributed by atoms with van der Waals surface area (Å²) < 4.78 is 6.06. The molecule has 0 amide bonds. The zero-order valence-electron chi connectivity index (χ0n) is 9.90. The number of rotatable bonds is 3. The molecule has 1 N–H and O–H groups in total. The highest BCUT2D eigenvalue weighted by atomic mass is 16.6. The maximum absolute atomic E-state index is 9.80. The molecule has 1 fully saturated rings. The number of hydrogen-bond acceptors (Lipinski definition) is 3. The van der Waals surface area contributed by atoms with Gasteiger partial charge in [-0.1, -0.05) is 0 Å². The molecular formula is C10H23N2O2+. The average Bonchev–Trinajstić information content (AvgIpc) is 2.30. The van der Waals surface area contributed by atoms with Crippen molar-refractivity contribution >= 4 is 0 Å². The number of ether oxygens (including phenoxy) is 1. The van der Waals surface area contributed by atoms with Gasteiger partial charge in [0.2, 0.25) is 0 Å². The van der Waals surface area contributed by atoms with E-state index in [0.717, 1.165) is 11.0 Å². The van der Waals surface area contributed by atoms with Gasteiger partial charge in [-0.3, -0.25) is 0 Å². The van der Waals surface area contributed by atoms with Gasteiger partial charge in [-0.25, -0.2) is 4.59 Å². The lowest BCUT2D eigenvalue weighted by Crippen LogP contribution is -2.54. The summed E-state index contributed by atoms with van der Waals surface area (Å²) in [4.78, 5) is 0. The van der Waals surface area contributed by atoms with E-state index in [4.69, 9.17) is 4.74 Å². The summed E-state index contributed by atoms with van der Waals surface area (Å²) in [6.07, 6.45) is 0.317. The van der Waals surface area contributed by atoms with E-state index in [-0.39, 0.29) is 6.04 Å². The van der Waals surface area contributed by atoms with Crippen LogP contribution in [0.4, 0.5) is 0 Å². The van der Waals surface area contributed by atoms with Crippen molar-refractivity contribution in [3.8, 4) is 0 Å². The molecule has 0 aliphatic carbocycles. The van der Waals surface area contributed by atoms with E-state index in [2.05, 4.69) is 26.0 Å². The molecule has 1 rings (SSSR count). The van der Waals surface area contributed by atoms with Gasteiger partial charge in [0, 0.05) is 20.1 Å². The van der Waals surface area contributed by atoms with Gasteiger partial charge in [0.15, 0.2) is 6.29 Å². The highest BCUT2D eigenvalue weighted by Gasteiger charge is 2.46. The van der Waals surface area contributed by atoms with Gasteiger partial charge in [-0.15, -0.1) is 5.01 Å². The summed E-state index contributed by atoms with van der Waals surface area (Å²) in [6.45, 7) is 4.67. The molecule has 0 aromatic carbocycles. The first kappa shape index (κ1) is 11.9. The first-order chi connectivity index (χ1) is 6.41. The molecule has 0 bridgehead atoms. The molecule has 0 aromatic rings. The van der Waals surface area contributed by atoms with Gasteiger partial charge >= 0.3 is 0 Å². The zero-order chi connectivity index (χ0) is 10.9. The minimum Gasteiger partial charge on any atom is -0.366 e. The standard InChI is InChI=1S/C10H23N2O2/c1-6-14-10(13)9-7-8(2)12(4,5)11(9)3/h8-10,13H,6-7H2,1-5H3/q+1. The van der Waals surface area contributed by atoms with E-state index in [1.165, 1.54) is 0 Å². The Morgan fingerprint density at radius 2 is 2.14 bits per heavy atom. The molecule has 0 aromatic heterocycles. The van der Waals surface area contributed by atoms with Crippen LogP contribution in [0.15, 0.2) is 0 Å². The summed E-state index contributed by atoms with van der Waals surface area (Å²) in [5, 5.41) is 12.0. The highest BCUT2D eigenvalue weighted by Crippen LogP contribution is 2.29. The molecule has 14 heavy (non-hydrogen) atoms. The highest BCUT2D eigenvalue weighted by molar-refractivity contribution is 4.76. The molecule has 1 heterocycles. The third-order valence-electron chi connectivity index (χ3n) is 3.62. The Hall–Kier alpha value is -0.160. The quantitative estimate of drug-likeness (QED) is 0.533. The Bertz CT molecular complexity index is 197. The SMILES string of the molecule is CCOC(O)C1CC(C)[N+](C)(C)N1C. The predicted molar refractivity (Wildman–Crippen MR) is 55.4 cm³/mol. The summed E-state index contributed by atoms with van der Waals surface area (Å²) in [5.74, 6) is 0. The normalized spacial score (nSPS) is 34.7. The molecule has 1 aliphatic heterocycles. The number of aliphatic hydroxyl groups is 1. The van der Waals surface area contributed by atoms with Crippen LogP contribution in [0.3, 0.4) is 0 Å². The maximum Gasteiger partial charge on any atom is 0.175 e. The maximum atomic E-state index is 9.80. The molecule has 1 saturated heterocycles. The van der Waals surface area contributed by atoms with Gasteiger partial charge in [0.25, 0.3) is 0 Å².